The molecule has 0 aliphatic heterocycles. The Labute approximate surface area is 106 Å². The van der Waals surface area contributed by atoms with E-state index in [9.17, 15) is 14.4 Å². The molecule has 0 saturated carbocycles. The first kappa shape index (κ1) is 16.2. The molecular weight excluding hydrogens is 240 g/mol. The highest BCUT2D eigenvalue weighted by atomic mass is 16.5. The fourth-order valence-electron chi connectivity index (χ4n) is 1.34. The zero-order chi connectivity index (χ0) is 14.3. The number of methoxy groups -OCH3 is 1. The third kappa shape index (κ3) is 6.07. The molecule has 0 spiro atoms. The van der Waals surface area contributed by atoms with Crippen molar-refractivity contribution in [3.8, 4) is 0 Å². The van der Waals surface area contributed by atoms with Crippen LogP contribution in [0.25, 0.3) is 0 Å². The van der Waals surface area contributed by atoms with Crippen molar-refractivity contribution in [3.63, 3.8) is 0 Å². The maximum Gasteiger partial charge on any atom is 0.328 e. The Morgan fingerprint density at radius 1 is 1.17 bits per heavy atom. The number of esters is 1. The number of carbonyl (C=O) groups is 3. The first-order valence-electron chi connectivity index (χ1n) is 5.64. The molecule has 0 bridgehead atoms. The van der Waals surface area contributed by atoms with Crippen molar-refractivity contribution in [2.24, 2.45) is 5.92 Å². The third-order valence-corrected chi connectivity index (χ3v) is 2.27. The van der Waals surface area contributed by atoms with Crippen LogP contribution in [0.3, 0.4) is 0 Å². The number of rotatable bonds is 6. The summed E-state index contributed by atoms with van der Waals surface area (Å²) in [5.74, 6) is -1.67. The molecule has 7 nitrogen and oxygen atoms in total. The quantitative estimate of drug-likeness (QED) is 0.597. The maximum atomic E-state index is 11.5. The second-order valence-electron chi connectivity index (χ2n) is 4.36. The molecule has 7 heteroatoms. The highest BCUT2D eigenvalue weighted by molar-refractivity contribution is 5.84. The summed E-state index contributed by atoms with van der Waals surface area (Å²) in [7, 11) is 1.24. The molecule has 0 aromatic carbocycles. The Hall–Kier alpha value is -1.79. The summed E-state index contributed by atoms with van der Waals surface area (Å²) in [6, 6.07) is -1.87. The molecule has 3 N–H and O–H groups in total. The first-order chi connectivity index (χ1) is 8.27. The van der Waals surface area contributed by atoms with Crippen molar-refractivity contribution < 1.29 is 24.2 Å². The molecule has 0 fully saturated rings. The van der Waals surface area contributed by atoms with E-state index in [0.717, 1.165) is 0 Å². The van der Waals surface area contributed by atoms with E-state index in [1.54, 1.807) is 20.8 Å². The average molecular weight is 260 g/mol. The Morgan fingerprint density at radius 2 is 1.72 bits per heavy atom. The van der Waals surface area contributed by atoms with Gasteiger partial charge in [-0.1, -0.05) is 13.8 Å². The lowest BCUT2D eigenvalue weighted by atomic mass is 10.1. The van der Waals surface area contributed by atoms with E-state index < -0.39 is 30.1 Å². The highest BCUT2D eigenvalue weighted by Gasteiger charge is 2.25. The van der Waals surface area contributed by atoms with E-state index in [-0.39, 0.29) is 12.3 Å². The number of hydrogen-bond acceptors (Lipinski definition) is 4. The minimum absolute atomic E-state index is 0.127. The summed E-state index contributed by atoms with van der Waals surface area (Å²) in [6.45, 7) is 5.10. The zero-order valence-corrected chi connectivity index (χ0v) is 11.0. The number of hydrogen-bond donors (Lipinski definition) is 3. The molecule has 0 rings (SSSR count). The van der Waals surface area contributed by atoms with Crippen LogP contribution in [0.4, 0.5) is 4.79 Å². The zero-order valence-electron chi connectivity index (χ0n) is 11.0. The van der Waals surface area contributed by atoms with Gasteiger partial charge < -0.3 is 20.5 Å². The lowest BCUT2D eigenvalue weighted by Crippen LogP contribution is -2.51. The molecule has 0 saturated heterocycles. The molecule has 0 radical (unpaired) electrons. The molecule has 2 atom stereocenters. The lowest BCUT2D eigenvalue weighted by Gasteiger charge is -2.21. The van der Waals surface area contributed by atoms with Crippen molar-refractivity contribution >= 4 is 18.0 Å². The fraction of sp³-hybridized carbons (Fsp3) is 0.727. The van der Waals surface area contributed by atoms with E-state index in [0.29, 0.717) is 0 Å². The van der Waals surface area contributed by atoms with Crippen molar-refractivity contribution in [1.29, 1.82) is 0 Å². The Balaban J connectivity index is 4.34. The molecule has 0 heterocycles. The predicted octanol–water partition coefficient (Wildman–Crippen LogP) is 0.346. The molecule has 2 unspecified atom stereocenters. The minimum atomic E-state index is -1.00. The van der Waals surface area contributed by atoms with Crippen LogP contribution in [0.1, 0.15) is 27.2 Å². The number of ether oxygens (including phenoxy) is 1. The van der Waals surface area contributed by atoms with Crippen LogP contribution < -0.4 is 10.6 Å². The van der Waals surface area contributed by atoms with Crippen molar-refractivity contribution in [2.75, 3.05) is 7.11 Å². The molecular formula is C11H20N2O5. The van der Waals surface area contributed by atoms with Gasteiger partial charge in [-0.2, -0.15) is 0 Å². The van der Waals surface area contributed by atoms with Gasteiger partial charge in [0.2, 0.25) is 0 Å². The summed E-state index contributed by atoms with van der Waals surface area (Å²) >= 11 is 0. The van der Waals surface area contributed by atoms with Gasteiger partial charge in [-0.25, -0.2) is 9.59 Å². The second kappa shape index (κ2) is 7.52. The van der Waals surface area contributed by atoms with Crippen LogP contribution in [0.2, 0.25) is 0 Å². The van der Waals surface area contributed by atoms with Gasteiger partial charge in [0, 0.05) is 6.04 Å². The lowest BCUT2D eigenvalue weighted by molar-refractivity contribution is -0.144. The molecule has 104 valence electrons. The largest absolute Gasteiger partial charge is 0.481 e. The smallest absolute Gasteiger partial charge is 0.328 e. The monoisotopic (exact) mass is 260 g/mol. The maximum absolute atomic E-state index is 11.5. The number of aliphatic carboxylic acids is 1. The minimum Gasteiger partial charge on any atom is -0.481 e. The van der Waals surface area contributed by atoms with E-state index in [4.69, 9.17) is 5.11 Å². The number of carbonyl (C=O) groups excluding carboxylic acids is 2. The SMILES string of the molecule is COC(=O)C(NC(=O)NC(C)CC(=O)O)C(C)C. The van der Waals surface area contributed by atoms with Gasteiger partial charge in [0.15, 0.2) is 0 Å². The van der Waals surface area contributed by atoms with Crippen LogP contribution in [0.15, 0.2) is 0 Å². The van der Waals surface area contributed by atoms with Crippen molar-refractivity contribution in [2.45, 2.75) is 39.3 Å². The molecule has 0 aromatic rings. The van der Waals surface area contributed by atoms with Gasteiger partial charge >= 0.3 is 18.0 Å². The number of carboxylic acids is 1. The van der Waals surface area contributed by atoms with Gasteiger partial charge in [-0.3, -0.25) is 4.79 Å². The van der Waals surface area contributed by atoms with E-state index >= 15 is 0 Å². The number of amides is 2. The van der Waals surface area contributed by atoms with Crippen molar-refractivity contribution in [3.05, 3.63) is 0 Å². The van der Waals surface area contributed by atoms with Crippen LogP contribution >= 0.6 is 0 Å². The number of carboxylic acid groups (broad SMARTS) is 1. The number of nitrogens with one attached hydrogen (secondary N) is 2. The van der Waals surface area contributed by atoms with Crippen LogP contribution in [0.5, 0.6) is 0 Å². The first-order valence-corrected chi connectivity index (χ1v) is 5.64. The van der Waals surface area contributed by atoms with Crippen LogP contribution in [-0.4, -0.2) is 42.3 Å². The summed E-state index contributed by atoms with van der Waals surface area (Å²) in [4.78, 5) is 33.4. The Kier molecular flexibility index (Phi) is 6.77. The molecule has 18 heavy (non-hydrogen) atoms. The van der Waals surface area contributed by atoms with Gasteiger partial charge in [0.25, 0.3) is 0 Å². The topological polar surface area (TPSA) is 105 Å². The second-order valence-corrected chi connectivity index (χ2v) is 4.36. The normalized spacial score (nSPS) is 13.6. The Morgan fingerprint density at radius 3 is 2.11 bits per heavy atom. The third-order valence-electron chi connectivity index (χ3n) is 2.27. The molecule has 0 aliphatic carbocycles. The van der Waals surface area contributed by atoms with Gasteiger partial charge in [0.1, 0.15) is 6.04 Å². The summed E-state index contributed by atoms with van der Waals surface area (Å²) in [5.41, 5.74) is 0. The van der Waals surface area contributed by atoms with Crippen LogP contribution in [-0.2, 0) is 14.3 Å². The summed E-state index contributed by atoms with van der Waals surface area (Å²) in [6.07, 6.45) is -0.183. The standard InChI is InChI=1S/C11H20N2O5/c1-6(2)9(10(16)18-4)13-11(17)12-7(3)5-8(14)15/h6-7,9H,5H2,1-4H3,(H,14,15)(H2,12,13,17). The fourth-order valence-corrected chi connectivity index (χ4v) is 1.34. The Bertz CT molecular complexity index is 317. The summed E-state index contributed by atoms with van der Waals surface area (Å²) < 4.78 is 4.57. The predicted molar refractivity (Wildman–Crippen MR) is 64.0 cm³/mol. The molecule has 0 aromatic heterocycles. The van der Waals surface area contributed by atoms with Crippen molar-refractivity contribution in [1.82, 2.24) is 10.6 Å². The average Bonchev–Trinajstić information content (AvgIpc) is 2.23. The molecule has 0 aliphatic rings. The van der Waals surface area contributed by atoms with E-state index in [1.807, 2.05) is 0 Å². The number of urea groups is 1. The van der Waals surface area contributed by atoms with Gasteiger partial charge in [-0.15, -0.1) is 0 Å². The highest BCUT2D eigenvalue weighted by Crippen LogP contribution is 2.03. The van der Waals surface area contributed by atoms with Gasteiger partial charge in [-0.05, 0) is 12.8 Å². The molecule has 2 amide bonds. The van der Waals surface area contributed by atoms with E-state index in [2.05, 4.69) is 15.4 Å². The van der Waals surface area contributed by atoms with Crippen LogP contribution in [0, 0.1) is 5.92 Å². The van der Waals surface area contributed by atoms with Gasteiger partial charge in [0.05, 0.1) is 13.5 Å². The summed E-state index contributed by atoms with van der Waals surface area (Å²) in [5, 5.41) is 13.4. The van der Waals surface area contributed by atoms with E-state index in [1.165, 1.54) is 7.11 Å².